The monoisotopic (exact) mass is 302 g/mol. The molecule has 1 saturated heterocycles. The van der Waals surface area contributed by atoms with E-state index in [0.717, 1.165) is 23.5 Å². The van der Waals surface area contributed by atoms with Crippen LogP contribution in [0.15, 0.2) is 60.7 Å². The minimum absolute atomic E-state index is 1.04. The minimum Gasteiger partial charge on any atom is -0.353 e. The first kappa shape index (κ1) is 13.7. The van der Waals surface area contributed by atoms with E-state index < -0.39 is 0 Å². The Hall–Kier alpha value is -1.26. The lowest BCUT2D eigenvalue weighted by molar-refractivity contribution is 1.01. The van der Waals surface area contributed by atoms with Crippen molar-refractivity contribution in [2.24, 2.45) is 0 Å². The highest BCUT2D eigenvalue weighted by molar-refractivity contribution is 8.01. The molecule has 0 saturated carbocycles. The van der Waals surface area contributed by atoms with Gasteiger partial charge in [0.15, 0.2) is 0 Å². The third-order valence-corrected chi connectivity index (χ3v) is 5.21. The van der Waals surface area contributed by atoms with Crippen LogP contribution in [0.4, 0.5) is 11.4 Å². The van der Waals surface area contributed by atoms with Gasteiger partial charge in [0.25, 0.3) is 0 Å². The Balaban J connectivity index is 1.62. The molecule has 2 aromatic carbocycles. The standard InChI is InChI=1S/C16H18N2S2/c1-3-7-15(8-4-1)17-11-19-13-18(14-20-12-17)16-9-5-2-6-10-16/h1-10H,11-14H2. The number of thioether (sulfide) groups is 2. The van der Waals surface area contributed by atoms with Gasteiger partial charge >= 0.3 is 0 Å². The van der Waals surface area contributed by atoms with Crippen LogP contribution in [0.25, 0.3) is 0 Å². The Kier molecular flexibility index (Phi) is 4.77. The maximum atomic E-state index is 2.44. The highest BCUT2D eigenvalue weighted by Gasteiger charge is 2.13. The quantitative estimate of drug-likeness (QED) is 0.815. The van der Waals surface area contributed by atoms with Crippen LogP contribution in [-0.4, -0.2) is 23.5 Å². The SMILES string of the molecule is c1ccc(N2CSCN(c3ccccc3)CSC2)cc1. The second-order valence-corrected chi connectivity index (χ2v) is 6.52. The largest absolute Gasteiger partial charge is 0.353 e. The first-order chi connectivity index (χ1) is 9.93. The molecule has 2 nitrogen and oxygen atoms in total. The lowest BCUT2D eigenvalue weighted by atomic mass is 10.3. The molecule has 2 aromatic rings. The van der Waals surface area contributed by atoms with E-state index in [9.17, 15) is 0 Å². The predicted octanol–water partition coefficient (Wildman–Crippen LogP) is 4.31. The number of rotatable bonds is 2. The maximum Gasteiger partial charge on any atom is 0.0665 e. The molecule has 0 atom stereocenters. The van der Waals surface area contributed by atoms with Crippen molar-refractivity contribution in [2.45, 2.75) is 0 Å². The molecule has 1 fully saturated rings. The van der Waals surface area contributed by atoms with Gasteiger partial charge in [0, 0.05) is 11.4 Å². The maximum absolute atomic E-state index is 2.44. The molecule has 1 heterocycles. The van der Waals surface area contributed by atoms with Gasteiger partial charge in [-0.05, 0) is 24.3 Å². The summed E-state index contributed by atoms with van der Waals surface area (Å²) in [4.78, 5) is 4.88. The Morgan fingerprint density at radius 3 is 1.25 bits per heavy atom. The van der Waals surface area contributed by atoms with E-state index >= 15 is 0 Å². The predicted molar refractivity (Wildman–Crippen MR) is 92.5 cm³/mol. The van der Waals surface area contributed by atoms with Gasteiger partial charge in [-0.1, -0.05) is 36.4 Å². The van der Waals surface area contributed by atoms with Gasteiger partial charge in [-0.15, -0.1) is 23.5 Å². The number of benzene rings is 2. The van der Waals surface area contributed by atoms with Gasteiger partial charge < -0.3 is 9.80 Å². The molecule has 0 radical (unpaired) electrons. The molecule has 1 aliphatic heterocycles. The summed E-state index contributed by atoms with van der Waals surface area (Å²) in [5.41, 5.74) is 2.64. The van der Waals surface area contributed by atoms with E-state index in [1.807, 2.05) is 23.5 Å². The Bertz CT molecular complexity index is 461. The highest BCUT2D eigenvalue weighted by atomic mass is 32.2. The zero-order valence-electron chi connectivity index (χ0n) is 11.3. The summed E-state index contributed by atoms with van der Waals surface area (Å²) in [7, 11) is 0. The molecule has 20 heavy (non-hydrogen) atoms. The summed E-state index contributed by atoms with van der Waals surface area (Å²) in [6.45, 7) is 0. The fourth-order valence-electron chi connectivity index (χ4n) is 2.17. The van der Waals surface area contributed by atoms with Crippen molar-refractivity contribution in [3.63, 3.8) is 0 Å². The number of hydrogen-bond donors (Lipinski definition) is 0. The zero-order chi connectivity index (χ0) is 13.6. The van der Waals surface area contributed by atoms with Crippen LogP contribution in [0.5, 0.6) is 0 Å². The molecule has 104 valence electrons. The summed E-state index contributed by atoms with van der Waals surface area (Å²) in [5.74, 6) is 4.17. The van der Waals surface area contributed by atoms with Gasteiger partial charge in [0.05, 0.1) is 23.5 Å². The van der Waals surface area contributed by atoms with Crippen molar-refractivity contribution in [2.75, 3.05) is 33.3 Å². The van der Waals surface area contributed by atoms with Crippen LogP contribution in [0.2, 0.25) is 0 Å². The summed E-state index contributed by atoms with van der Waals surface area (Å²) in [6.07, 6.45) is 0. The number of hydrogen-bond acceptors (Lipinski definition) is 4. The minimum atomic E-state index is 1.04. The summed E-state index contributed by atoms with van der Waals surface area (Å²) < 4.78 is 0. The normalized spacial score (nSPS) is 16.6. The second-order valence-electron chi connectivity index (χ2n) is 4.68. The fourth-order valence-corrected chi connectivity index (χ4v) is 4.41. The lowest BCUT2D eigenvalue weighted by Crippen LogP contribution is -2.31. The molecule has 0 unspecified atom stereocenters. The number of nitrogens with zero attached hydrogens (tertiary/aromatic N) is 2. The second kappa shape index (κ2) is 6.95. The molecule has 0 amide bonds. The lowest BCUT2D eigenvalue weighted by Gasteiger charge is -2.32. The molecule has 0 aromatic heterocycles. The zero-order valence-corrected chi connectivity index (χ0v) is 12.9. The Labute approximate surface area is 129 Å². The average Bonchev–Trinajstić information content (AvgIpc) is 2.49. The third-order valence-electron chi connectivity index (χ3n) is 3.23. The summed E-state index contributed by atoms with van der Waals surface area (Å²) in [5, 5.41) is 0. The van der Waals surface area contributed by atoms with Gasteiger partial charge in [-0.2, -0.15) is 0 Å². The summed E-state index contributed by atoms with van der Waals surface area (Å²) >= 11 is 3.95. The topological polar surface area (TPSA) is 6.48 Å². The van der Waals surface area contributed by atoms with Crippen molar-refractivity contribution < 1.29 is 0 Å². The molecule has 0 aliphatic carbocycles. The van der Waals surface area contributed by atoms with Gasteiger partial charge in [-0.25, -0.2) is 0 Å². The molecule has 0 bridgehead atoms. The van der Waals surface area contributed by atoms with Crippen LogP contribution in [0, 0.1) is 0 Å². The van der Waals surface area contributed by atoms with E-state index in [1.54, 1.807) is 0 Å². The number of anilines is 2. The van der Waals surface area contributed by atoms with E-state index in [-0.39, 0.29) is 0 Å². The first-order valence-electron chi connectivity index (χ1n) is 6.69. The van der Waals surface area contributed by atoms with Crippen LogP contribution in [0.3, 0.4) is 0 Å². The summed E-state index contributed by atoms with van der Waals surface area (Å²) in [6, 6.07) is 21.4. The molecular weight excluding hydrogens is 284 g/mol. The average molecular weight is 302 g/mol. The van der Waals surface area contributed by atoms with E-state index in [4.69, 9.17) is 0 Å². The van der Waals surface area contributed by atoms with Crippen molar-refractivity contribution >= 4 is 34.9 Å². The number of para-hydroxylation sites is 2. The van der Waals surface area contributed by atoms with E-state index in [2.05, 4.69) is 70.5 Å². The van der Waals surface area contributed by atoms with Crippen molar-refractivity contribution in [3.05, 3.63) is 60.7 Å². The molecule has 0 spiro atoms. The van der Waals surface area contributed by atoms with Gasteiger partial charge in [0.2, 0.25) is 0 Å². The van der Waals surface area contributed by atoms with Crippen LogP contribution < -0.4 is 9.80 Å². The van der Waals surface area contributed by atoms with Gasteiger partial charge in [-0.3, -0.25) is 0 Å². The van der Waals surface area contributed by atoms with E-state index in [0.29, 0.717) is 0 Å². The molecule has 1 aliphatic rings. The molecule has 4 heteroatoms. The molecule has 3 rings (SSSR count). The van der Waals surface area contributed by atoms with Crippen molar-refractivity contribution in [1.82, 2.24) is 0 Å². The Morgan fingerprint density at radius 1 is 0.550 bits per heavy atom. The van der Waals surface area contributed by atoms with E-state index in [1.165, 1.54) is 11.4 Å². The van der Waals surface area contributed by atoms with Crippen molar-refractivity contribution in [1.29, 1.82) is 0 Å². The Morgan fingerprint density at radius 2 is 0.900 bits per heavy atom. The third kappa shape index (κ3) is 3.44. The van der Waals surface area contributed by atoms with Crippen molar-refractivity contribution in [3.8, 4) is 0 Å². The van der Waals surface area contributed by atoms with Crippen LogP contribution in [0.1, 0.15) is 0 Å². The highest BCUT2D eigenvalue weighted by Crippen LogP contribution is 2.26. The first-order valence-corrected chi connectivity index (χ1v) is 9.00. The smallest absolute Gasteiger partial charge is 0.0665 e. The fraction of sp³-hybridized carbons (Fsp3) is 0.250. The van der Waals surface area contributed by atoms with Gasteiger partial charge in [0.1, 0.15) is 0 Å². The van der Waals surface area contributed by atoms with Crippen LogP contribution in [-0.2, 0) is 0 Å². The molecule has 0 N–H and O–H groups in total. The molecular formula is C16H18N2S2. The van der Waals surface area contributed by atoms with Crippen LogP contribution >= 0.6 is 23.5 Å².